The molecule has 0 saturated heterocycles. The number of anilines is 1. The van der Waals surface area contributed by atoms with Gasteiger partial charge in [0.15, 0.2) is 0 Å². The standard InChI is InChI=1S/C20H28N4/c1-14(23-13-18(22)3-2-10-21)19-12-17-9-8-16(11-20(17)24-19)7-6-15-4-5-15/h8-9,11,15,18-19,23-24H,1-5,10,12-13,21-22H2. The van der Waals surface area contributed by atoms with Gasteiger partial charge in [-0.05, 0) is 49.9 Å². The molecule has 0 spiro atoms. The molecule has 0 amide bonds. The van der Waals surface area contributed by atoms with Crippen molar-refractivity contribution in [1.29, 1.82) is 0 Å². The summed E-state index contributed by atoms with van der Waals surface area (Å²) in [5.41, 5.74) is 16.2. The van der Waals surface area contributed by atoms with Crippen molar-refractivity contribution in [3.63, 3.8) is 0 Å². The number of benzene rings is 1. The summed E-state index contributed by atoms with van der Waals surface area (Å²) < 4.78 is 0. The third kappa shape index (κ3) is 4.53. The van der Waals surface area contributed by atoms with Crippen molar-refractivity contribution in [2.45, 2.75) is 44.2 Å². The minimum Gasteiger partial charge on any atom is -0.386 e. The Morgan fingerprint density at radius 2 is 2.25 bits per heavy atom. The molecule has 6 N–H and O–H groups in total. The molecule has 2 aliphatic rings. The second-order valence-corrected chi connectivity index (χ2v) is 6.91. The SMILES string of the molecule is C=C(NCC(N)CCCN)C1Cc2ccc(C#CC3CC3)cc2N1. The molecule has 0 aromatic heterocycles. The van der Waals surface area contributed by atoms with Crippen LogP contribution in [0.2, 0.25) is 0 Å². The first-order chi connectivity index (χ1) is 11.7. The molecule has 1 aromatic carbocycles. The lowest BCUT2D eigenvalue weighted by Gasteiger charge is -2.19. The van der Waals surface area contributed by atoms with Crippen LogP contribution in [0.5, 0.6) is 0 Å². The van der Waals surface area contributed by atoms with Crippen LogP contribution in [0.1, 0.15) is 36.8 Å². The summed E-state index contributed by atoms with van der Waals surface area (Å²) in [6, 6.07) is 6.80. The number of nitrogens with two attached hydrogens (primary N) is 2. The largest absolute Gasteiger partial charge is 0.386 e. The Balaban J connectivity index is 1.52. The summed E-state index contributed by atoms with van der Waals surface area (Å²) in [4.78, 5) is 0. The van der Waals surface area contributed by atoms with Crippen molar-refractivity contribution in [2.24, 2.45) is 17.4 Å². The minimum atomic E-state index is 0.123. The van der Waals surface area contributed by atoms with Crippen LogP contribution in [0.15, 0.2) is 30.5 Å². The first kappa shape index (κ1) is 16.9. The molecule has 1 fully saturated rings. The Morgan fingerprint density at radius 3 is 3.00 bits per heavy atom. The van der Waals surface area contributed by atoms with Crippen LogP contribution >= 0.6 is 0 Å². The molecule has 1 aromatic rings. The van der Waals surface area contributed by atoms with Crippen LogP contribution in [0.4, 0.5) is 5.69 Å². The van der Waals surface area contributed by atoms with Crippen LogP contribution in [-0.4, -0.2) is 25.2 Å². The van der Waals surface area contributed by atoms with Crippen LogP contribution in [0.25, 0.3) is 0 Å². The maximum absolute atomic E-state index is 6.08. The Morgan fingerprint density at radius 1 is 1.42 bits per heavy atom. The molecule has 4 nitrogen and oxygen atoms in total. The maximum Gasteiger partial charge on any atom is 0.0694 e. The predicted octanol–water partition coefficient (Wildman–Crippen LogP) is 1.95. The van der Waals surface area contributed by atoms with Crippen molar-refractivity contribution >= 4 is 5.69 Å². The lowest BCUT2D eigenvalue weighted by molar-refractivity contribution is 0.549. The van der Waals surface area contributed by atoms with Gasteiger partial charge >= 0.3 is 0 Å². The fourth-order valence-corrected chi connectivity index (χ4v) is 2.92. The Kier molecular flexibility index (Phi) is 5.44. The highest BCUT2D eigenvalue weighted by Crippen LogP contribution is 2.30. The van der Waals surface area contributed by atoms with Gasteiger partial charge in [-0.3, -0.25) is 0 Å². The van der Waals surface area contributed by atoms with Gasteiger partial charge in [0.05, 0.1) is 6.04 Å². The van der Waals surface area contributed by atoms with Crippen LogP contribution in [0, 0.1) is 17.8 Å². The molecule has 1 aliphatic heterocycles. The fraction of sp³-hybridized carbons (Fsp3) is 0.500. The number of hydrogen-bond acceptors (Lipinski definition) is 4. The van der Waals surface area contributed by atoms with E-state index >= 15 is 0 Å². The summed E-state index contributed by atoms with van der Waals surface area (Å²) in [7, 11) is 0. The van der Waals surface area contributed by atoms with Gasteiger partial charge in [0.1, 0.15) is 0 Å². The van der Waals surface area contributed by atoms with E-state index in [1.165, 1.54) is 24.1 Å². The average molecular weight is 324 g/mol. The molecule has 24 heavy (non-hydrogen) atoms. The highest BCUT2D eigenvalue weighted by Gasteiger charge is 2.23. The lowest BCUT2D eigenvalue weighted by Crippen LogP contribution is -2.37. The number of rotatable bonds is 7. The third-order valence-corrected chi connectivity index (χ3v) is 4.65. The molecular weight excluding hydrogens is 296 g/mol. The summed E-state index contributed by atoms with van der Waals surface area (Å²) in [6.45, 7) is 5.62. The van der Waals surface area contributed by atoms with Gasteiger partial charge in [-0.25, -0.2) is 0 Å². The molecular formula is C20H28N4. The van der Waals surface area contributed by atoms with E-state index in [4.69, 9.17) is 11.5 Å². The molecule has 3 rings (SSSR count). The Hall–Kier alpha value is -1.96. The van der Waals surface area contributed by atoms with Crippen molar-refractivity contribution < 1.29 is 0 Å². The van der Waals surface area contributed by atoms with Gasteiger partial charge in [0.2, 0.25) is 0 Å². The highest BCUT2D eigenvalue weighted by atomic mass is 15.0. The van der Waals surface area contributed by atoms with E-state index in [1.54, 1.807) is 0 Å². The number of hydrogen-bond donors (Lipinski definition) is 4. The molecule has 0 bridgehead atoms. The summed E-state index contributed by atoms with van der Waals surface area (Å²) >= 11 is 0. The first-order valence-electron chi connectivity index (χ1n) is 8.95. The Bertz CT molecular complexity index is 651. The molecule has 128 valence electrons. The quantitative estimate of drug-likeness (QED) is 0.578. The van der Waals surface area contributed by atoms with Gasteiger partial charge in [0.25, 0.3) is 0 Å². The van der Waals surface area contributed by atoms with Crippen molar-refractivity contribution in [2.75, 3.05) is 18.4 Å². The van der Waals surface area contributed by atoms with E-state index in [9.17, 15) is 0 Å². The smallest absolute Gasteiger partial charge is 0.0694 e. The van der Waals surface area contributed by atoms with Crippen LogP contribution in [0.3, 0.4) is 0 Å². The molecule has 2 atom stereocenters. The zero-order chi connectivity index (χ0) is 16.9. The van der Waals surface area contributed by atoms with Crippen molar-refractivity contribution in [3.8, 4) is 11.8 Å². The first-order valence-corrected chi connectivity index (χ1v) is 8.95. The lowest BCUT2D eigenvalue weighted by atomic mass is 10.1. The van der Waals surface area contributed by atoms with Gasteiger partial charge in [-0.15, -0.1) is 0 Å². The predicted molar refractivity (Wildman–Crippen MR) is 101 cm³/mol. The monoisotopic (exact) mass is 324 g/mol. The number of nitrogens with one attached hydrogen (secondary N) is 2. The van der Waals surface area contributed by atoms with E-state index in [0.717, 1.165) is 37.1 Å². The van der Waals surface area contributed by atoms with Gasteiger partial charge in [0, 0.05) is 41.9 Å². The highest BCUT2D eigenvalue weighted by molar-refractivity contribution is 5.62. The molecule has 1 saturated carbocycles. The summed E-state index contributed by atoms with van der Waals surface area (Å²) in [5.74, 6) is 7.23. The second-order valence-electron chi connectivity index (χ2n) is 6.91. The fourth-order valence-electron chi connectivity index (χ4n) is 2.92. The van der Waals surface area contributed by atoms with Crippen LogP contribution in [-0.2, 0) is 6.42 Å². The molecule has 1 heterocycles. The molecule has 1 aliphatic carbocycles. The third-order valence-electron chi connectivity index (χ3n) is 4.65. The zero-order valence-electron chi connectivity index (χ0n) is 14.3. The topological polar surface area (TPSA) is 76.1 Å². The molecule has 2 unspecified atom stereocenters. The van der Waals surface area contributed by atoms with Gasteiger partial charge in [-0.1, -0.05) is 24.5 Å². The van der Waals surface area contributed by atoms with Crippen LogP contribution < -0.4 is 22.1 Å². The average Bonchev–Trinajstić information content (AvgIpc) is 3.32. The maximum atomic E-state index is 6.08. The molecule has 4 heteroatoms. The Labute approximate surface area is 145 Å². The van der Waals surface area contributed by atoms with E-state index in [-0.39, 0.29) is 12.1 Å². The van der Waals surface area contributed by atoms with E-state index in [0.29, 0.717) is 12.5 Å². The normalized spacial score (nSPS) is 19.7. The van der Waals surface area contributed by atoms with Gasteiger partial charge in [-0.2, -0.15) is 0 Å². The van der Waals surface area contributed by atoms with Gasteiger partial charge < -0.3 is 22.1 Å². The van der Waals surface area contributed by atoms with E-state index in [1.807, 2.05) is 0 Å². The summed E-state index contributed by atoms with van der Waals surface area (Å²) in [6.07, 6.45) is 5.38. The minimum absolute atomic E-state index is 0.123. The van der Waals surface area contributed by atoms with E-state index < -0.39 is 0 Å². The summed E-state index contributed by atoms with van der Waals surface area (Å²) in [5, 5.41) is 6.93. The zero-order valence-corrected chi connectivity index (χ0v) is 14.3. The van der Waals surface area contributed by atoms with Crippen molar-refractivity contribution in [1.82, 2.24) is 5.32 Å². The molecule has 0 radical (unpaired) electrons. The number of fused-ring (bicyclic) bond motifs is 1. The van der Waals surface area contributed by atoms with E-state index in [2.05, 4.69) is 47.3 Å². The van der Waals surface area contributed by atoms with Crippen molar-refractivity contribution in [3.05, 3.63) is 41.6 Å². The second kappa shape index (κ2) is 7.74.